The van der Waals surface area contributed by atoms with E-state index in [2.05, 4.69) is 10.4 Å². The predicted molar refractivity (Wildman–Crippen MR) is 117 cm³/mol. The zero-order valence-corrected chi connectivity index (χ0v) is 17.8. The van der Waals surface area contributed by atoms with Crippen molar-refractivity contribution >= 4 is 5.91 Å². The summed E-state index contributed by atoms with van der Waals surface area (Å²) in [6.45, 7) is 6.42. The van der Waals surface area contributed by atoms with E-state index in [9.17, 15) is 9.59 Å². The molecule has 2 aromatic carbocycles. The second kappa shape index (κ2) is 8.63. The normalized spacial score (nSPS) is 14.6. The van der Waals surface area contributed by atoms with E-state index in [1.807, 2.05) is 56.3 Å². The summed E-state index contributed by atoms with van der Waals surface area (Å²) in [5.74, 6) is 0.977. The third kappa shape index (κ3) is 4.30. The van der Waals surface area contributed by atoms with Crippen molar-refractivity contribution in [2.45, 2.75) is 39.8 Å². The van der Waals surface area contributed by atoms with Gasteiger partial charge in [0.2, 0.25) is 5.43 Å². The Kier molecular flexibility index (Phi) is 5.75. The molecule has 0 unspecified atom stereocenters. The van der Waals surface area contributed by atoms with Crippen molar-refractivity contribution in [3.63, 3.8) is 0 Å². The van der Waals surface area contributed by atoms with Gasteiger partial charge >= 0.3 is 0 Å². The molecule has 3 aromatic rings. The molecule has 7 heteroatoms. The van der Waals surface area contributed by atoms with E-state index >= 15 is 0 Å². The van der Waals surface area contributed by atoms with E-state index in [4.69, 9.17) is 9.47 Å². The Morgan fingerprint density at radius 2 is 2.03 bits per heavy atom. The van der Waals surface area contributed by atoms with Crippen LogP contribution in [0.4, 0.5) is 0 Å². The van der Waals surface area contributed by atoms with E-state index in [0.29, 0.717) is 18.1 Å². The highest BCUT2D eigenvalue weighted by atomic mass is 16.5. The molecule has 1 N–H and O–H groups in total. The third-order valence-corrected chi connectivity index (χ3v) is 5.14. The zero-order valence-electron chi connectivity index (χ0n) is 17.8. The van der Waals surface area contributed by atoms with Crippen LogP contribution < -0.4 is 20.2 Å². The lowest BCUT2D eigenvalue weighted by molar-refractivity contribution is 0.0942. The highest BCUT2D eigenvalue weighted by Crippen LogP contribution is 2.35. The molecule has 2 heterocycles. The van der Waals surface area contributed by atoms with Crippen LogP contribution in [0.5, 0.6) is 11.5 Å². The first kappa shape index (κ1) is 20.7. The molecule has 0 spiro atoms. The van der Waals surface area contributed by atoms with Crippen LogP contribution in [0.3, 0.4) is 0 Å². The summed E-state index contributed by atoms with van der Waals surface area (Å²) in [5.41, 5.74) is 2.74. The van der Waals surface area contributed by atoms with Crippen LogP contribution in [0.25, 0.3) is 5.69 Å². The predicted octanol–water partition coefficient (Wildman–Crippen LogP) is 3.19. The molecule has 1 atom stereocenters. The summed E-state index contributed by atoms with van der Waals surface area (Å²) in [4.78, 5) is 25.3. The van der Waals surface area contributed by atoms with Gasteiger partial charge < -0.3 is 14.8 Å². The molecule has 160 valence electrons. The van der Waals surface area contributed by atoms with Crippen molar-refractivity contribution in [2.75, 3.05) is 6.61 Å². The Morgan fingerprint density at radius 1 is 1.26 bits per heavy atom. The lowest BCUT2D eigenvalue weighted by atomic mass is 10.1. The van der Waals surface area contributed by atoms with E-state index in [-0.39, 0.29) is 18.3 Å². The third-order valence-electron chi connectivity index (χ3n) is 5.14. The lowest BCUT2D eigenvalue weighted by Gasteiger charge is -2.14. The minimum Gasteiger partial charge on any atom is -0.494 e. The van der Waals surface area contributed by atoms with Crippen molar-refractivity contribution in [1.29, 1.82) is 0 Å². The number of hydrogen-bond acceptors (Lipinski definition) is 5. The minimum atomic E-state index is -0.535. The van der Waals surface area contributed by atoms with Gasteiger partial charge in [0.05, 0.1) is 12.3 Å². The number of amides is 1. The average Bonchev–Trinajstić information content (AvgIpc) is 3.11. The number of rotatable bonds is 6. The molecule has 31 heavy (non-hydrogen) atoms. The Balaban J connectivity index is 1.59. The van der Waals surface area contributed by atoms with Crippen molar-refractivity contribution in [1.82, 2.24) is 15.1 Å². The number of nitrogens with zero attached hydrogens (tertiary/aromatic N) is 2. The van der Waals surface area contributed by atoms with Crippen LogP contribution in [0, 0.1) is 6.92 Å². The van der Waals surface area contributed by atoms with Crippen molar-refractivity contribution < 1.29 is 14.3 Å². The standard InChI is InChI=1S/C24H25N3O4/c1-4-30-21-12-17-11-16(3)31-22(17)13-18(21)14-25-24(29)23-20(28)10-15(2)27(26-23)19-8-6-5-7-9-19/h5-10,12-13,16H,4,11,14H2,1-3H3,(H,25,29)/t16-/m1/s1. The van der Waals surface area contributed by atoms with Crippen LogP contribution >= 0.6 is 0 Å². The Labute approximate surface area is 180 Å². The average molecular weight is 419 g/mol. The lowest BCUT2D eigenvalue weighted by Crippen LogP contribution is -2.31. The SMILES string of the molecule is CCOc1cc2c(cc1CNC(=O)c1nn(-c3ccccc3)c(C)cc1=O)O[C@H](C)C2. The van der Waals surface area contributed by atoms with E-state index < -0.39 is 11.3 Å². The molecule has 4 rings (SSSR count). The number of benzene rings is 2. The van der Waals surface area contributed by atoms with Crippen LogP contribution in [0.2, 0.25) is 0 Å². The van der Waals surface area contributed by atoms with Gasteiger partial charge in [-0.05, 0) is 45.0 Å². The van der Waals surface area contributed by atoms with Crippen LogP contribution in [0.15, 0.2) is 53.3 Å². The van der Waals surface area contributed by atoms with Gasteiger partial charge in [-0.1, -0.05) is 18.2 Å². The highest BCUT2D eigenvalue weighted by Gasteiger charge is 2.22. The summed E-state index contributed by atoms with van der Waals surface area (Å²) in [6, 6.07) is 14.7. The number of aromatic nitrogens is 2. The molecule has 0 fully saturated rings. The number of nitrogens with one attached hydrogen (secondary N) is 1. The van der Waals surface area contributed by atoms with Gasteiger partial charge in [-0.15, -0.1) is 0 Å². The van der Waals surface area contributed by atoms with Crippen molar-refractivity contribution in [3.8, 4) is 17.2 Å². The topological polar surface area (TPSA) is 82.5 Å². The Hall–Kier alpha value is -3.61. The molecule has 1 aromatic heterocycles. The largest absolute Gasteiger partial charge is 0.494 e. The van der Waals surface area contributed by atoms with Gasteiger partial charge in [0.25, 0.3) is 5.91 Å². The summed E-state index contributed by atoms with van der Waals surface area (Å²) >= 11 is 0. The molecule has 0 saturated heterocycles. The number of para-hydroxylation sites is 1. The number of hydrogen-bond donors (Lipinski definition) is 1. The fraction of sp³-hybridized carbons (Fsp3) is 0.292. The molecule has 7 nitrogen and oxygen atoms in total. The zero-order chi connectivity index (χ0) is 22.0. The molecular weight excluding hydrogens is 394 g/mol. The van der Waals surface area contributed by atoms with Crippen molar-refractivity contribution in [2.24, 2.45) is 0 Å². The van der Waals surface area contributed by atoms with Gasteiger partial charge in [-0.3, -0.25) is 9.59 Å². The smallest absolute Gasteiger partial charge is 0.276 e. The Morgan fingerprint density at radius 3 is 2.77 bits per heavy atom. The van der Waals surface area contributed by atoms with Crippen LogP contribution in [-0.2, 0) is 13.0 Å². The first-order valence-corrected chi connectivity index (χ1v) is 10.4. The molecule has 0 bridgehead atoms. The number of aryl methyl sites for hydroxylation is 1. The molecule has 0 radical (unpaired) electrons. The summed E-state index contributed by atoms with van der Waals surface area (Å²) < 4.78 is 13.2. The quantitative estimate of drug-likeness (QED) is 0.664. The first-order valence-electron chi connectivity index (χ1n) is 10.4. The number of carbonyl (C=O) groups excluding carboxylic acids is 1. The fourth-order valence-electron chi connectivity index (χ4n) is 3.70. The van der Waals surface area contributed by atoms with Gasteiger partial charge in [-0.2, -0.15) is 5.10 Å². The van der Waals surface area contributed by atoms with E-state index in [1.54, 1.807) is 11.6 Å². The van der Waals surface area contributed by atoms with Gasteiger partial charge in [0.1, 0.15) is 17.6 Å². The molecule has 1 aliphatic heterocycles. The van der Waals surface area contributed by atoms with E-state index in [1.165, 1.54) is 6.07 Å². The maximum Gasteiger partial charge on any atom is 0.276 e. The van der Waals surface area contributed by atoms with E-state index in [0.717, 1.165) is 29.0 Å². The van der Waals surface area contributed by atoms with Crippen LogP contribution in [0.1, 0.15) is 41.2 Å². The number of carbonyl (C=O) groups is 1. The Bertz CT molecular complexity index is 1170. The minimum absolute atomic E-state index is 0.113. The molecule has 1 aliphatic rings. The number of fused-ring (bicyclic) bond motifs is 1. The van der Waals surface area contributed by atoms with Crippen LogP contribution in [-0.4, -0.2) is 28.4 Å². The molecule has 0 aliphatic carbocycles. The monoisotopic (exact) mass is 419 g/mol. The molecule has 1 amide bonds. The highest BCUT2D eigenvalue weighted by molar-refractivity contribution is 5.92. The summed E-state index contributed by atoms with van der Waals surface area (Å²) in [5, 5.41) is 7.12. The second-order valence-corrected chi connectivity index (χ2v) is 7.56. The molecular formula is C24H25N3O4. The first-order chi connectivity index (χ1) is 15.0. The second-order valence-electron chi connectivity index (χ2n) is 7.56. The summed E-state index contributed by atoms with van der Waals surface area (Å²) in [7, 11) is 0. The van der Waals surface area contributed by atoms with Gasteiger partial charge in [0, 0.05) is 35.9 Å². The van der Waals surface area contributed by atoms with Crippen molar-refractivity contribution in [3.05, 3.63) is 81.3 Å². The van der Waals surface area contributed by atoms with Gasteiger partial charge in [0.15, 0.2) is 5.69 Å². The van der Waals surface area contributed by atoms with Gasteiger partial charge in [-0.25, -0.2) is 4.68 Å². The maximum absolute atomic E-state index is 12.8. The number of ether oxygens (including phenoxy) is 2. The maximum atomic E-state index is 12.8. The molecule has 0 saturated carbocycles. The fourth-order valence-corrected chi connectivity index (χ4v) is 3.70. The summed E-state index contributed by atoms with van der Waals surface area (Å²) in [6.07, 6.45) is 0.941.